The number of amides is 1. The van der Waals surface area contributed by atoms with Crippen molar-refractivity contribution in [2.24, 2.45) is 5.41 Å². The van der Waals surface area contributed by atoms with Crippen molar-refractivity contribution >= 4 is 16.0 Å². The van der Waals surface area contributed by atoms with Crippen molar-refractivity contribution in [1.82, 2.24) is 4.90 Å². The fourth-order valence-corrected chi connectivity index (χ4v) is 3.61. The highest BCUT2D eigenvalue weighted by Gasteiger charge is 2.42. The predicted octanol–water partition coefficient (Wildman–Crippen LogP) is 3.63. The smallest absolute Gasteiger partial charge is 0.264 e. The third kappa shape index (κ3) is 7.11. The third-order valence-corrected chi connectivity index (χ3v) is 5.57. The van der Waals surface area contributed by atoms with Crippen LogP contribution in [0.3, 0.4) is 0 Å². The first-order valence-corrected chi connectivity index (χ1v) is 11.4. The zero-order valence-corrected chi connectivity index (χ0v) is 18.3. The average Bonchev–Trinajstić information content (AvgIpc) is 2.97. The van der Waals surface area contributed by atoms with Crippen molar-refractivity contribution in [2.75, 3.05) is 26.5 Å². The van der Waals surface area contributed by atoms with Crippen LogP contribution < -0.4 is 4.74 Å². The molecule has 3 rings (SSSR count). The van der Waals surface area contributed by atoms with Gasteiger partial charge in [-0.05, 0) is 31.0 Å². The molecule has 1 heterocycles. The Morgan fingerprint density at radius 3 is 2.30 bits per heavy atom. The van der Waals surface area contributed by atoms with Crippen LogP contribution in [0.25, 0.3) is 0 Å². The fourth-order valence-electron chi connectivity index (χ4n) is 3.23. The SMILES string of the molecule is COc1ccccc1CN1CCC(C)(CCOS(C)(=O)=O)C1=O.Fc1ccccc1. The van der Waals surface area contributed by atoms with Crippen molar-refractivity contribution in [3.05, 3.63) is 66.0 Å². The molecule has 1 amide bonds. The largest absolute Gasteiger partial charge is 0.496 e. The Morgan fingerprint density at radius 1 is 1.10 bits per heavy atom. The maximum absolute atomic E-state index is 12.7. The van der Waals surface area contributed by atoms with Crippen molar-refractivity contribution in [3.8, 4) is 5.75 Å². The third-order valence-electron chi connectivity index (χ3n) is 4.98. The van der Waals surface area contributed by atoms with Crippen LogP contribution in [-0.4, -0.2) is 45.7 Å². The van der Waals surface area contributed by atoms with Crippen LogP contribution >= 0.6 is 0 Å². The van der Waals surface area contributed by atoms with E-state index in [1.165, 1.54) is 12.1 Å². The second-order valence-electron chi connectivity index (χ2n) is 7.42. The summed E-state index contributed by atoms with van der Waals surface area (Å²) in [6.07, 6.45) is 2.09. The number of carbonyl (C=O) groups excluding carboxylic acids is 1. The molecule has 30 heavy (non-hydrogen) atoms. The summed E-state index contributed by atoms with van der Waals surface area (Å²) in [5, 5.41) is 0. The number of para-hydroxylation sites is 1. The molecule has 0 aliphatic carbocycles. The molecule has 0 aromatic heterocycles. The molecule has 1 atom stereocenters. The fraction of sp³-hybridized carbons (Fsp3) is 0.409. The Bertz CT molecular complexity index is 936. The summed E-state index contributed by atoms with van der Waals surface area (Å²) >= 11 is 0. The minimum absolute atomic E-state index is 0.0282. The Hall–Kier alpha value is -2.45. The molecule has 1 aliphatic rings. The molecule has 0 radical (unpaired) electrons. The van der Waals surface area contributed by atoms with E-state index in [0.29, 0.717) is 25.9 Å². The number of nitrogens with zero attached hydrogens (tertiary/aromatic N) is 1. The molecule has 1 unspecified atom stereocenters. The second kappa shape index (κ2) is 10.5. The van der Waals surface area contributed by atoms with E-state index in [1.54, 1.807) is 30.2 Å². The Labute approximate surface area is 177 Å². The van der Waals surface area contributed by atoms with E-state index >= 15 is 0 Å². The van der Waals surface area contributed by atoms with Gasteiger partial charge in [-0.2, -0.15) is 8.42 Å². The van der Waals surface area contributed by atoms with Gasteiger partial charge in [0.25, 0.3) is 10.1 Å². The molecule has 2 aromatic carbocycles. The van der Waals surface area contributed by atoms with Crippen molar-refractivity contribution in [1.29, 1.82) is 0 Å². The number of benzene rings is 2. The molecule has 0 spiro atoms. The Morgan fingerprint density at radius 2 is 1.73 bits per heavy atom. The summed E-state index contributed by atoms with van der Waals surface area (Å²) in [6, 6.07) is 15.6. The van der Waals surface area contributed by atoms with E-state index in [0.717, 1.165) is 17.6 Å². The first kappa shape index (κ1) is 23.8. The lowest BCUT2D eigenvalue weighted by atomic mass is 9.85. The lowest BCUT2D eigenvalue weighted by molar-refractivity contribution is -0.136. The molecule has 2 aromatic rings. The molecule has 0 N–H and O–H groups in total. The summed E-state index contributed by atoms with van der Waals surface area (Å²) in [4.78, 5) is 14.5. The molecule has 0 bridgehead atoms. The van der Waals surface area contributed by atoms with Crippen molar-refractivity contribution in [2.45, 2.75) is 26.3 Å². The van der Waals surface area contributed by atoms with Crippen molar-refractivity contribution in [3.63, 3.8) is 0 Å². The van der Waals surface area contributed by atoms with E-state index in [-0.39, 0.29) is 18.3 Å². The van der Waals surface area contributed by atoms with Gasteiger partial charge in [0.15, 0.2) is 0 Å². The molecule has 1 saturated heterocycles. The van der Waals surface area contributed by atoms with Gasteiger partial charge in [0.05, 0.1) is 25.4 Å². The number of hydrogen-bond acceptors (Lipinski definition) is 5. The van der Waals surface area contributed by atoms with Crippen LogP contribution in [-0.2, 0) is 25.6 Å². The Balaban J connectivity index is 0.000000386. The van der Waals surface area contributed by atoms with Gasteiger partial charge in [-0.3, -0.25) is 8.98 Å². The molecule has 0 saturated carbocycles. The first-order chi connectivity index (χ1) is 14.1. The van der Waals surface area contributed by atoms with E-state index in [1.807, 2.05) is 31.2 Å². The van der Waals surface area contributed by atoms with Crippen LogP contribution in [0.1, 0.15) is 25.3 Å². The molecular formula is C22H28FNO5S. The number of ether oxygens (including phenoxy) is 1. The molecule has 164 valence electrons. The number of methoxy groups -OCH3 is 1. The van der Waals surface area contributed by atoms with Gasteiger partial charge in [0.2, 0.25) is 5.91 Å². The van der Waals surface area contributed by atoms with Crippen molar-refractivity contribution < 1.29 is 26.5 Å². The average molecular weight is 438 g/mol. The molecule has 6 nitrogen and oxygen atoms in total. The Kier molecular flexibility index (Phi) is 8.37. The maximum atomic E-state index is 12.7. The van der Waals surface area contributed by atoms with Crippen LogP contribution in [0.2, 0.25) is 0 Å². The number of likely N-dealkylation sites (tertiary alicyclic amines) is 1. The molecule has 1 fully saturated rings. The minimum atomic E-state index is -3.47. The summed E-state index contributed by atoms with van der Waals surface area (Å²) in [5.41, 5.74) is 0.382. The van der Waals surface area contributed by atoms with Crippen LogP contribution in [0, 0.1) is 11.2 Å². The normalized spacial score (nSPS) is 18.7. The molecule has 1 aliphatic heterocycles. The van der Waals surface area contributed by atoms with Crippen LogP contribution in [0.5, 0.6) is 5.75 Å². The van der Waals surface area contributed by atoms with E-state index in [4.69, 9.17) is 8.92 Å². The van der Waals surface area contributed by atoms with E-state index in [2.05, 4.69) is 0 Å². The lowest BCUT2D eigenvalue weighted by Gasteiger charge is -2.23. The summed E-state index contributed by atoms with van der Waals surface area (Å²) in [5.74, 6) is 0.609. The zero-order chi connectivity index (χ0) is 22.2. The minimum Gasteiger partial charge on any atom is -0.496 e. The second-order valence-corrected chi connectivity index (χ2v) is 9.06. The monoisotopic (exact) mass is 437 g/mol. The van der Waals surface area contributed by atoms with Gasteiger partial charge in [0.1, 0.15) is 11.6 Å². The maximum Gasteiger partial charge on any atom is 0.264 e. The quantitative estimate of drug-likeness (QED) is 0.619. The van der Waals surface area contributed by atoms with E-state index < -0.39 is 15.5 Å². The van der Waals surface area contributed by atoms with E-state index in [9.17, 15) is 17.6 Å². The highest BCUT2D eigenvalue weighted by molar-refractivity contribution is 7.85. The number of halogens is 1. The topological polar surface area (TPSA) is 72.9 Å². The lowest BCUT2D eigenvalue weighted by Crippen LogP contribution is -2.33. The van der Waals surface area contributed by atoms with Crippen LogP contribution in [0.15, 0.2) is 54.6 Å². The van der Waals surface area contributed by atoms with Gasteiger partial charge in [-0.1, -0.05) is 43.3 Å². The summed E-state index contributed by atoms with van der Waals surface area (Å²) in [6.45, 7) is 3.03. The highest BCUT2D eigenvalue weighted by atomic mass is 32.2. The van der Waals surface area contributed by atoms with Gasteiger partial charge in [0, 0.05) is 18.7 Å². The number of hydrogen-bond donors (Lipinski definition) is 0. The van der Waals surface area contributed by atoms with Crippen LogP contribution in [0.4, 0.5) is 4.39 Å². The summed E-state index contributed by atoms with van der Waals surface area (Å²) < 4.78 is 44.1. The van der Waals surface area contributed by atoms with Gasteiger partial charge in [-0.15, -0.1) is 0 Å². The predicted molar refractivity (Wildman–Crippen MR) is 113 cm³/mol. The van der Waals surface area contributed by atoms with Gasteiger partial charge >= 0.3 is 0 Å². The molecule has 8 heteroatoms. The number of carbonyl (C=O) groups is 1. The first-order valence-electron chi connectivity index (χ1n) is 9.61. The number of rotatable bonds is 7. The van der Waals surface area contributed by atoms with Gasteiger partial charge in [-0.25, -0.2) is 4.39 Å². The summed E-state index contributed by atoms with van der Waals surface area (Å²) in [7, 11) is -1.86. The standard InChI is InChI=1S/C16H23NO5S.C6H5F/c1-16(9-11-22-23(3,19)20)8-10-17(15(16)18)12-13-6-4-5-7-14(13)21-2;7-6-4-2-1-3-5-6/h4-7H,8-12H2,1-3H3;1-5H. The van der Waals surface area contributed by atoms with Gasteiger partial charge < -0.3 is 9.64 Å². The zero-order valence-electron chi connectivity index (χ0n) is 17.5. The highest BCUT2D eigenvalue weighted by Crippen LogP contribution is 2.36. The molecular weight excluding hydrogens is 409 g/mol.